The molecule has 4 aliphatic heterocycles. The predicted molar refractivity (Wildman–Crippen MR) is 55.3 cm³/mol. The van der Waals surface area contributed by atoms with Gasteiger partial charge in [0, 0.05) is 0 Å². The molecule has 4 amide bonds. The van der Waals surface area contributed by atoms with Gasteiger partial charge in [0.25, 0.3) is 0 Å². The number of hydrogen-bond acceptors (Lipinski definition) is 8. The number of urea groups is 2. The van der Waals surface area contributed by atoms with E-state index in [1.54, 1.807) is 0 Å². The first-order chi connectivity index (χ1) is 10.4. The summed E-state index contributed by atoms with van der Waals surface area (Å²) in [6.07, 6.45) is 0. The summed E-state index contributed by atoms with van der Waals surface area (Å²) in [5.74, 6) is -3.82. The maximum absolute atomic E-state index is 12.4. The molecule has 0 bridgehead atoms. The molecule has 0 saturated carbocycles. The molecule has 0 unspecified atom stereocenters. The van der Waals surface area contributed by atoms with Gasteiger partial charge >= 0.3 is 49.8 Å². The van der Waals surface area contributed by atoms with Crippen LogP contribution in [0.25, 0.3) is 0 Å². The van der Waals surface area contributed by atoms with Crippen LogP contribution in [0.4, 0.5) is 9.59 Å². The molecule has 24 heavy (non-hydrogen) atoms. The average molecular weight is 326 g/mol. The Morgan fingerprint density at radius 3 is 1.21 bits per heavy atom. The molecule has 4 rings (SSSR count). The summed E-state index contributed by atoms with van der Waals surface area (Å²) in [7, 11) is 0. The van der Waals surface area contributed by atoms with Crippen molar-refractivity contribution in [2.75, 3.05) is 26.9 Å². The second kappa shape index (κ2) is 5.56. The average Bonchev–Trinajstić information content (AvgIpc) is 2.88. The van der Waals surface area contributed by atoms with E-state index in [2.05, 4.69) is 0 Å². The number of carboxylic acids is 2. The summed E-state index contributed by atoms with van der Waals surface area (Å²) in [4.78, 5) is 51.2. The van der Waals surface area contributed by atoms with Gasteiger partial charge in [0.1, 0.15) is 26.9 Å². The zero-order valence-corrected chi connectivity index (χ0v) is 12.9. The van der Waals surface area contributed by atoms with Gasteiger partial charge in [-0.25, -0.2) is 9.59 Å². The molecule has 0 aromatic heterocycles. The van der Waals surface area contributed by atoms with Gasteiger partial charge in [0.05, 0.1) is 11.9 Å². The minimum absolute atomic E-state index is 0. The largest absolute Gasteiger partial charge is 1.00 e. The number of hydrogen-bond donors (Lipinski definition) is 0. The number of carbonyl (C=O) groups is 4. The van der Waals surface area contributed by atoms with Gasteiger partial charge in [-0.1, -0.05) is 0 Å². The summed E-state index contributed by atoms with van der Waals surface area (Å²) in [6, 6.07) is -1.93. The topological polar surface area (TPSA) is 146 Å². The molecule has 118 valence electrons. The van der Waals surface area contributed by atoms with Crippen LogP contribution in [0.5, 0.6) is 0 Å². The van der Waals surface area contributed by atoms with Crippen molar-refractivity contribution in [3.8, 4) is 0 Å². The number of ether oxygens (including phenoxy) is 2. The summed E-state index contributed by atoms with van der Waals surface area (Å²) in [5.41, 5.74) is -5.13. The van der Waals surface area contributed by atoms with Crippen LogP contribution in [-0.4, -0.2) is 81.8 Å². The summed E-state index contributed by atoms with van der Waals surface area (Å²) in [5, 5.41) is 23.8. The molecule has 4 aliphatic rings. The summed E-state index contributed by atoms with van der Waals surface area (Å²) in [6.45, 7) is -2.02. The Morgan fingerprint density at radius 2 is 1.00 bits per heavy atom. The molecule has 0 aliphatic carbocycles. The maximum Gasteiger partial charge on any atom is 1.00 e. The molecule has 0 spiro atoms. The fourth-order valence-corrected chi connectivity index (χ4v) is 3.66. The molecule has 4 heterocycles. The first kappa shape index (κ1) is 18.9. The van der Waals surface area contributed by atoms with Crippen LogP contribution in [0.1, 0.15) is 0 Å². The molecule has 0 atom stereocenters. The van der Waals surface area contributed by atoms with Gasteiger partial charge in [-0.3, -0.25) is 19.6 Å². The van der Waals surface area contributed by atoms with E-state index in [0.29, 0.717) is 19.6 Å². The van der Waals surface area contributed by atoms with Gasteiger partial charge in [-0.2, -0.15) is 0 Å². The van der Waals surface area contributed by atoms with Crippen LogP contribution in [0, 0.1) is 0 Å². The van der Waals surface area contributed by atoms with Gasteiger partial charge in [-0.05, 0) is 0 Å². The van der Waals surface area contributed by atoms with Crippen LogP contribution in [0.2, 0.25) is 0 Å². The molecule has 4 fully saturated rings. The Hall–Kier alpha value is -1.41. The molecular weight excluding hydrogens is 318 g/mol. The van der Waals surface area contributed by atoms with Gasteiger partial charge in [0.2, 0.25) is 11.3 Å². The Kier molecular flexibility index (Phi) is 4.38. The van der Waals surface area contributed by atoms with Crippen molar-refractivity contribution in [3.63, 3.8) is 0 Å². The van der Waals surface area contributed by atoms with Crippen molar-refractivity contribution in [2.45, 2.75) is 11.3 Å². The second-order valence-corrected chi connectivity index (χ2v) is 5.12. The molecular formula is C10H8Li2N4O8. The smallest absolute Gasteiger partial charge is 0.545 e. The minimum atomic E-state index is -2.57. The number of amides is 4. The maximum atomic E-state index is 12.4. The van der Waals surface area contributed by atoms with E-state index >= 15 is 0 Å². The molecule has 0 aromatic carbocycles. The van der Waals surface area contributed by atoms with Crippen LogP contribution >= 0.6 is 0 Å². The standard InChI is InChI=1S/C10H10N4O8.2Li/c15-5(16)9-10(6(17)18)13-3-22-4-14(10)8(20)12(9)2-21-1-11(9)7(13)19;;/h1-4H2,(H,15,16)(H,17,18);;/q;2*+1/p-2. The number of aliphatic carboxylic acids is 2. The number of nitrogens with zero attached hydrogens (tertiary/aromatic N) is 4. The van der Waals surface area contributed by atoms with Crippen molar-refractivity contribution in [1.29, 1.82) is 0 Å². The zero-order valence-electron chi connectivity index (χ0n) is 12.9. The second-order valence-electron chi connectivity index (χ2n) is 5.12. The molecule has 0 aromatic rings. The van der Waals surface area contributed by atoms with E-state index < -0.39 is 62.2 Å². The van der Waals surface area contributed by atoms with Crippen LogP contribution in [-0.2, 0) is 19.1 Å². The Morgan fingerprint density at radius 1 is 0.750 bits per heavy atom. The number of rotatable bonds is 2. The first-order valence-corrected chi connectivity index (χ1v) is 6.18. The van der Waals surface area contributed by atoms with Crippen LogP contribution in [0.3, 0.4) is 0 Å². The molecule has 12 nitrogen and oxygen atoms in total. The third-order valence-electron chi connectivity index (χ3n) is 4.42. The van der Waals surface area contributed by atoms with E-state index in [1.807, 2.05) is 0 Å². The van der Waals surface area contributed by atoms with E-state index in [1.165, 1.54) is 0 Å². The van der Waals surface area contributed by atoms with Crippen molar-refractivity contribution in [2.24, 2.45) is 0 Å². The minimum Gasteiger partial charge on any atom is -0.545 e. The van der Waals surface area contributed by atoms with Crippen LogP contribution in [0.15, 0.2) is 0 Å². The Labute approximate surface area is 158 Å². The van der Waals surface area contributed by atoms with E-state index in [9.17, 15) is 29.4 Å². The van der Waals surface area contributed by atoms with Crippen LogP contribution < -0.4 is 47.9 Å². The number of carboxylic acid groups (broad SMARTS) is 2. The normalized spacial score (nSPS) is 33.0. The molecule has 4 saturated heterocycles. The van der Waals surface area contributed by atoms with Crippen molar-refractivity contribution in [3.05, 3.63) is 0 Å². The SMILES string of the molecule is O=C1N2COCN3C(=O)N4COCN1C4(C(=O)[O-])C23C(=O)[O-].[Li+].[Li+]. The third-order valence-corrected chi connectivity index (χ3v) is 4.42. The predicted octanol–water partition coefficient (Wildman–Crippen LogP) is -10.7. The van der Waals surface area contributed by atoms with Crippen molar-refractivity contribution < 1.29 is 76.6 Å². The van der Waals surface area contributed by atoms with E-state index in [4.69, 9.17) is 9.47 Å². The summed E-state index contributed by atoms with van der Waals surface area (Å²) < 4.78 is 10.1. The monoisotopic (exact) mass is 326 g/mol. The van der Waals surface area contributed by atoms with Crippen molar-refractivity contribution in [1.82, 2.24) is 19.6 Å². The van der Waals surface area contributed by atoms with E-state index in [0.717, 1.165) is 0 Å². The quantitative estimate of drug-likeness (QED) is 0.455. The molecule has 0 N–H and O–H groups in total. The number of carbonyl (C=O) groups excluding carboxylic acids is 4. The van der Waals surface area contributed by atoms with Gasteiger partial charge in [-0.15, -0.1) is 0 Å². The molecule has 14 heteroatoms. The van der Waals surface area contributed by atoms with Crippen molar-refractivity contribution >= 4 is 24.0 Å². The Bertz CT molecular complexity index is 562. The fraction of sp³-hybridized carbons (Fsp3) is 0.600. The third kappa shape index (κ3) is 1.54. The summed E-state index contributed by atoms with van der Waals surface area (Å²) >= 11 is 0. The van der Waals surface area contributed by atoms with Gasteiger partial charge < -0.3 is 29.3 Å². The fourth-order valence-electron chi connectivity index (χ4n) is 3.66. The molecule has 0 radical (unpaired) electrons. The Balaban J connectivity index is 0.00000104. The van der Waals surface area contributed by atoms with E-state index in [-0.39, 0.29) is 37.7 Å². The van der Waals surface area contributed by atoms with Gasteiger partial charge in [0.15, 0.2) is 0 Å². The first-order valence-electron chi connectivity index (χ1n) is 6.18. The zero-order chi connectivity index (χ0) is 15.9.